The molecule has 1 heterocycles. The molecule has 0 amide bonds. The first-order valence-corrected chi connectivity index (χ1v) is 7.42. The first kappa shape index (κ1) is 13.1. The van der Waals surface area contributed by atoms with Crippen molar-refractivity contribution in [3.63, 3.8) is 0 Å². The SMILES string of the molecule is COc1ccc(Br)cc1C(N)c1sccc1Br. The molecule has 2 nitrogen and oxygen atoms in total. The lowest BCUT2D eigenvalue weighted by atomic mass is 10.1. The minimum Gasteiger partial charge on any atom is -0.496 e. The summed E-state index contributed by atoms with van der Waals surface area (Å²) in [6.07, 6.45) is 0. The van der Waals surface area contributed by atoms with E-state index in [9.17, 15) is 0 Å². The molecule has 1 unspecified atom stereocenters. The van der Waals surface area contributed by atoms with Crippen LogP contribution in [-0.2, 0) is 0 Å². The molecule has 0 aliphatic carbocycles. The summed E-state index contributed by atoms with van der Waals surface area (Å²) in [4.78, 5) is 1.10. The van der Waals surface area contributed by atoms with Gasteiger partial charge in [-0.05, 0) is 45.6 Å². The number of hydrogen-bond acceptors (Lipinski definition) is 3. The van der Waals surface area contributed by atoms with E-state index >= 15 is 0 Å². The molecule has 17 heavy (non-hydrogen) atoms. The van der Waals surface area contributed by atoms with Crippen molar-refractivity contribution in [2.75, 3.05) is 7.11 Å². The van der Waals surface area contributed by atoms with Crippen molar-refractivity contribution in [3.05, 3.63) is 49.0 Å². The van der Waals surface area contributed by atoms with Crippen molar-refractivity contribution in [1.82, 2.24) is 0 Å². The quantitative estimate of drug-likeness (QED) is 0.865. The molecule has 0 aliphatic rings. The lowest BCUT2D eigenvalue weighted by Gasteiger charge is -2.15. The number of methoxy groups -OCH3 is 1. The Hall–Kier alpha value is -0.360. The molecule has 0 saturated carbocycles. The van der Waals surface area contributed by atoms with Crippen LogP contribution in [0.5, 0.6) is 5.75 Å². The van der Waals surface area contributed by atoms with Crippen LogP contribution >= 0.6 is 43.2 Å². The van der Waals surface area contributed by atoms with E-state index in [-0.39, 0.29) is 6.04 Å². The van der Waals surface area contributed by atoms with Gasteiger partial charge in [0, 0.05) is 19.4 Å². The van der Waals surface area contributed by atoms with E-state index in [0.29, 0.717) is 0 Å². The van der Waals surface area contributed by atoms with E-state index in [1.165, 1.54) is 0 Å². The summed E-state index contributed by atoms with van der Waals surface area (Å²) in [6.45, 7) is 0. The largest absolute Gasteiger partial charge is 0.496 e. The average molecular weight is 377 g/mol. The van der Waals surface area contributed by atoms with Crippen LogP contribution in [0.1, 0.15) is 16.5 Å². The Bertz CT molecular complexity index is 527. The standard InChI is InChI=1S/C12H11Br2NOS/c1-16-10-3-2-7(13)6-8(10)11(15)12-9(14)4-5-17-12/h2-6,11H,15H2,1H3. The summed E-state index contributed by atoms with van der Waals surface area (Å²) in [6, 6.07) is 7.68. The van der Waals surface area contributed by atoms with E-state index in [1.807, 2.05) is 29.6 Å². The van der Waals surface area contributed by atoms with Gasteiger partial charge in [-0.15, -0.1) is 11.3 Å². The van der Waals surface area contributed by atoms with Gasteiger partial charge in [0.1, 0.15) is 5.75 Å². The van der Waals surface area contributed by atoms with Crippen molar-refractivity contribution in [1.29, 1.82) is 0 Å². The fraction of sp³-hybridized carbons (Fsp3) is 0.167. The van der Waals surface area contributed by atoms with E-state index in [4.69, 9.17) is 10.5 Å². The first-order chi connectivity index (χ1) is 8.13. The Kier molecular flexibility index (Phi) is 4.25. The van der Waals surface area contributed by atoms with Gasteiger partial charge >= 0.3 is 0 Å². The van der Waals surface area contributed by atoms with Crippen LogP contribution in [0.4, 0.5) is 0 Å². The number of benzene rings is 1. The maximum atomic E-state index is 6.29. The second-order valence-corrected chi connectivity index (χ2v) is 6.21. The lowest BCUT2D eigenvalue weighted by Crippen LogP contribution is -2.12. The normalized spacial score (nSPS) is 12.5. The number of halogens is 2. The maximum Gasteiger partial charge on any atom is 0.124 e. The third-order valence-corrected chi connectivity index (χ3v) is 4.90. The molecule has 1 atom stereocenters. The first-order valence-electron chi connectivity index (χ1n) is 4.95. The second-order valence-electron chi connectivity index (χ2n) is 3.50. The van der Waals surface area contributed by atoms with Crippen LogP contribution in [0.2, 0.25) is 0 Å². The van der Waals surface area contributed by atoms with Gasteiger partial charge in [-0.25, -0.2) is 0 Å². The molecular formula is C12H11Br2NOS. The molecule has 0 fully saturated rings. The van der Waals surface area contributed by atoms with Crippen molar-refractivity contribution in [2.45, 2.75) is 6.04 Å². The zero-order valence-corrected chi connectivity index (χ0v) is 13.1. The van der Waals surface area contributed by atoms with Crippen LogP contribution in [0, 0.1) is 0 Å². The number of rotatable bonds is 3. The molecule has 0 spiro atoms. The summed E-state index contributed by atoms with van der Waals surface area (Å²) >= 11 is 8.60. The van der Waals surface area contributed by atoms with Crippen LogP contribution < -0.4 is 10.5 Å². The molecule has 1 aromatic carbocycles. The van der Waals surface area contributed by atoms with Gasteiger partial charge in [-0.2, -0.15) is 0 Å². The third kappa shape index (κ3) is 2.73. The second kappa shape index (κ2) is 5.52. The van der Waals surface area contributed by atoms with Crippen LogP contribution in [0.15, 0.2) is 38.6 Å². The molecule has 0 aliphatic heterocycles. The van der Waals surface area contributed by atoms with Crippen molar-refractivity contribution in [3.8, 4) is 5.75 Å². The average Bonchev–Trinajstić information content (AvgIpc) is 2.74. The molecule has 5 heteroatoms. The highest BCUT2D eigenvalue weighted by Crippen LogP contribution is 2.36. The monoisotopic (exact) mass is 375 g/mol. The Morgan fingerprint density at radius 2 is 2.06 bits per heavy atom. The van der Waals surface area contributed by atoms with E-state index in [1.54, 1.807) is 18.4 Å². The Balaban J connectivity index is 2.46. The topological polar surface area (TPSA) is 35.2 Å². The minimum atomic E-state index is -0.183. The van der Waals surface area contributed by atoms with E-state index < -0.39 is 0 Å². The minimum absolute atomic E-state index is 0.183. The van der Waals surface area contributed by atoms with Gasteiger partial charge in [0.15, 0.2) is 0 Å². The summed E-state index contributed by atoms with van der Waals surface area (Å²) in [5.41, 5.74) is 7.26. The van der Waals surface area contributed by atoms with Crippen molar-refractivity contribution in [2.24, 2.45) is 5.73 Å². The molecule has 2 aromatic rings. The predicted octanol–water partition coefficient (Wildman–Crippen LogP) is 4.33. The molecule has 0 bridgehead atoms. The van der Waals surface area contributed by atoms with Crippen LogP contribution in [-0.4, -0.2) is 7.11 Å². The third-order valence-electron chi connectivity index (χ3n) is 2.45. The molecule has 90 valence electrons. The van der Waals surface area contributed by atoms with Crippen LogP contribution in [0.25, 0.3) is 0 Å². The van der Waals surface area contributed by atoms with Gasteiger partial charge in [0.25, 0.3) is 0 Å². The highest BCUT2D eigenvalue weighted by molar-refractivity contribution is 9.10. The van der Waals surface area contributed by atoms with Crippen molar-refractivity contribution < 1.29 is 4.74 Å². The van der Waals surface area contributed by atoms with Crippen molar-refractivity contribution >= 4 is 43.2 Å². The highest BCUT2D eigenvalue weighted by atomic mass is 79.9. The molecule has 1 aromatic heterocycles. The fourth-order valence-corrected chi connectivity index (χ4v) is 3.63. The molecule has 0 saturated heterocycles. The summed E-state index contributed by atoms with van der Waals surface area (Å²) in [5.74, 6) is 0.806. The highest BCUT2D eigenvalue weighted by Gasteiger charge is 2.17. The lowest BCUT2D eigenvalue weighted by molar-refractivity contribution is 0.408. The predicted molar refractivity (Wildman–Crippen MR) is 78.7 cm³/mol. The molecule has 2 rings (SSSR count). The van der Waals surface area contributed by atoms with E-state index in [2.05, 4.69) is 31.9 Å². The molecule has 2 N–H and O–H groups in total. The Labute approximate surface area is 121 Å². The van der Waals surface area contributed by atoms with Crippen LogP contribution in [0.3, 0.4) is 0 Å². The number of thiophene rings is 1. The van der Waals surface area contributed by atoms with Gasteiger partial charge in [0.2, 0.25) is 0 Å². The number of ether oxygens (including phenoxy) is 1. The summed E-state index contributed by atoms with van der Waals surface area (Å²) < 4.78 is 7.38. The zero-order chi connectivity index (χ0) is 12.4. The zero-order valence-electron chi connectivity index (χ0n) is 9.11. The number of hydrogen-bond donors (Lipinski definition) is 1. The fourth-order valence-electron chi connectivity index (χ4n) is 1.62. The van der Waals surface area contributed by atoms with Gasteiger partial charge < -0.3 is 10.5 Å². The molecular weight excluding hydrogens is 366 g/mol. The smallest absolute Gasteiger partial charge is 0.124 e. The van der Waals surface area contributed by atoms with Gasteiger partial charge in [-0.3, -0.25) is 0 Å². The Morgan fingerprint density at radius 3 is 2.65 bits per heavy atom. The molecule has 0 radical (unpaired) electrons. The van der Waals surface area contributed by atoms with Gasteiger partial charge in [0.05, 0.1) is 13.2 Å². The number of nitrogens with two attached hydrogens (primary N) is 1. The summed E-state index contributed by atoms with van der Waals surface area (Å²) in [7, 11) is 1.66. The Morgan fingerprint density at radius 1 is 1.29 bits per heavy atom. The summed E-state index contributed by atoms with van der Waals surface area (Å²) in [5, 5.41) is 2.02. The van der Waals surface area contributed by atoms with E-state index in [0.717, 1.165) is 25.1 Å². The maximum absolute atomic E-state index is 6.29. The van der Waals surface area contributed by atoms with Gasteiger partial charge in [-0.1, -0.05) is 15.9 Å².